The number of carbonyl (C=O) groups is 1. The number of nitrogens with one attached hydrogen (secondary N) is 1. The van der Waals surface area contributed by atoms with Gasteiger partial charge in [-0.05, 0) is 50.6 Å². The van der Waals surface area contributed by atoms with Gasteiger partial charge >= 0.3 is 0 Å². The van der Waals surface area contributed by atoms with Crippen molar-refractivity contribution < 1.29 is 4.79 Å². The Morgan fingerprint density at radius 3 is 2.63 bits per heavy atom. The highest BCUT2D eigenvalue weighted by Gasteiger charge is 2.37. The van der Waals surface area contributed by atoms with Crippen molar-refractivity contribution in [3.8, 4) is 0 Å². The lowest BCUT2D eigenvalue weighted by atomic mass is 10.00. The summed E-state index contributed by atoms with van der Waals surface area (Å²) >= 11 is 0. The average molecular weight is 265 g/mol. The number of piperidine rings is 1. The Labute approximate surface area is 116 Å². The monoisotopic (exact) mass is 265 g/mol. The highest BCUT2D eigenvalue weighted by Crippen LogP contribution is 2.26. The maximum Gasteiger partial charge on any atom is 0.236 e. The molecule has 0 spiro atoms. The molecule has 0 aromatic heterocycles. The van der Waals surface area contributed by atoms with Crippen molar-refractivity contribution in [1.82, 2.24) is 15.1 Å². The van der Waals surface area contributed by atoms with Crippen LogP contribution in [0, 0.1) is 11.8 Å². The molecular formula is C15H27N3O. The molecule has 3 saturated heterocycles. The molecule has 0 aromatic rings. The zero-order chi connectivity index (χ0) is 13.2. The van der Waals surface area contributed by atoms with E-state index in [0.29, 0.717) is 18.5 Å². The third-order valence-electron chi connectivity index (χ3n) is 5.24. The van der Waals surface area contributed by atoms with Gasteiger partial charge in [0, 0.05) is 25.7 Å². The second kappa shape index (κ2) is 5.80. The molecule has 3 heterocycles. The van der Waals surface area contributed by atoms with Gasteiger partial charge in [-0.2, -0.15) is 0 Å². The fraction of sp³-hybridized carbons (Fsp3) is 0.933. The molecule has 19 heavy (non-hydrogen) atoms. The molecule has 3 aliphatic rings. The number of rotatable bonds is 3. The Morgan fingerprint density at radius 2 is 1.95 bits per heavy atom. The van der Waals surface area contributed by atoms with Gasteiger partial charge in [-0.25, -0.2) is 0 Å². The molecule has 0 aromatic carbocycles. The molecule has 0 bridgehead atoms. The maximum absolute atomic E-state index is 12.5. The van der Waals surface area contributed by atoms with Gasteiger partial charge in [0.15, 0.2) is 0 Å². The van der Waals surface area contributed by atoms with E-state index in [4.69, 9.17) is 0 Å². The van der Waals surface area contributed by atoms with Crippen molar-refractivity contribution in [3.63, 3.8) is 0 Å². The van der Waals surface area contributed by atoms with Crippen LogP contribution in [-0.4, -0.2) is 61.0 Å². The van der Waals surface area contributed by atoms with E-state index in [1.807, 2.05) is 0 Å². The van der Waals surface area contributed by atoms with E-state index >= 15 is 0 Å². The summed E-state index contributed by atoms with van der Waals surface area (Å²) in [4.78, 5) is 17.1. The molecule has 3 atom stereocenters. The van der Waals surface area contributed by atoms with E-state index in [1.165, 1.54) is 19.3 Å². The minimum atomic E-state index is 0.375. The van der Waals surface area contributed by atoms with Gasteiger partial charge in [0.2, 0.25) is 5.91 Å². The van der Waals surface area contributed by atoms with Gasteiger partial charge in [0.1, 0.15) is 0 Å². The molecule has 3 rings (SSSR count). The van der Waals surface area contributed by atoms with E-state index in [9.17, 15) is 4.79 Å². The summed E-state index contributed by atoms with van der Waals surface area (Å²) in [5.74, 6) is 1.95. The first-order chi connectivity index (χ1) is 9.28. The van der Waals surface area contributed by atoms with Crippen LogP contribution in [0.2, 0.25) is 0 Å². The fourth-order valence-electron chi connectivity index (χ4n) is 4.12. The van der Waals surface area contributed by atoms with E-state index in [-0.39, 0.29) is 0 Å². The average Bonchev–Trinajstić information content (AvgIpc) is 2.99. The lowest BCUT2D eigenvalue weighted by molar-refractivity contribution is -0.136. The van der Waals surface area contributed by atoms with Gasteiger partial charge in [0.25, 0.3) is 0 Å². The minimum absolute atomic E-state index is 0.375. The largest absolute Gasteiger partial charge is 0.339 e. The standard InChI is InChI=1S/C15H27N3O/c1-2-14-5-3-4-6-18(14)15(19)11-17-9-12-7-16-8-13(12)10-17/h12-14,16H,2-11H2,1H3/t12-,13+,14?. The molecule has 3 aliphatic heterocycles. The lowest BCUT2D eigenvalue weighted by Gasteiger charge is -2.36. The van der Waals surface area contributed by atoms with Crippen LogP contribution in [0.3, 0.4) is 0 Å². The van der Waals surface area contributed by atoms with Crippen LogP contribution in [0.25, 0.3) is 0 Å². The van der Waals surface area contributed by atoms with Crippen molar-refractivity contribution in [2.45, 2.75) is 38.6 Å². The number of likely N-dealkylation sites (tertiary alicyclic amines) is 2. The van der Waals surface area contributed by atoms with Crippen LogP contribution in [-0.2, 0) is 4.79 Å². The van der Waals surface area contributed by atoms with Crippen molar-refractivity contribution in [2.75, 3.05) is 39.3 Å². The van der Waals surface area contributed by atoms with Crippen LogP contribution in [0.5, 0.6) is 0 Å². The van der Waals surface area contributed by atoms with Crippen LogP contribution in [0.1, 0.15) is 32.6 Å². The van der Waals surface area contributed by atoms with Crippen molar-refractivity contribution in [1.29, 1.82) is 0 Å². The van der Waals surface area contributed by atoms with Crippen molar-refractivity contribution in [3.05, 3.63) is 0 Å². The molecule has 1 amide bonds. The third kappa shape index (κ3) is 2.79. The van der Waals surface area contributed by atoms with Crippen LogP contribution in [0.15, 0.2) is 0 Å². The third-order valence-corrected chi connectivity index (χ3v) is 5.24. The number of carbonyl (C=O) groups excluding carboxylic acids is 1. The predicted molar refractivity (Wildman–Crippen MR) is 75.9 cm³/mol. The highest BCUT2D eigenvalue weighted by atomic mass is 16.2. The van der Waals surface area contributed by atoms with Gasteiger partial charge in [-0.3, -0.25) is 9.69 Å². The van der Waals surface area contributed by atoms with E-state index < -0.39 is 0 Å². The van der Waals surface area contributed by atoms with E-state index in [0.717, 1.165) is 51.0 Å². The summed E-state index contributed by atoms with van der Waals surface area (Å²) in [7, 11) is 0. The Balaban J connectivity index is 1.53. The Morgan fingerprint density at radius 1 is 1.21 bits per heavy atom. The molecule has 4 nitrogen and oxygen atoms in total. The normalized spacial score (nSPS) is 35.6. The first-order valence-electron chi connectivity index (χ1n) is 8.00. The SMILES string of the molecule is CCC1CCCCN1C(=O)CN1C[C@H]2CNC[C@H]2C1. The number of amides is 1. The summed E-state index contributed by atoms with van der Waals surface area (Å²) in [6.45, 7) is 8.39. The van der Waals surface area contributed by atoms with E-state index in [2.05, 4.69) is 22.0 Å². The number of nitrogens with zero attached hydrogens (tertiary/aromatic N) is 2. The molecule has 108 valence electrons. The molecule has 1 unspecified atom stereocenters. The molecule has 0 radical (unpaired) electrons. The number of hydrogen-bond acceptors (Lipinski definition) is 3. The van der Waals surface area contributed by atoms with Gasteiger partial charge in [0.05, 0.1) is 6.54 Å². The second-order valence-corrected chi connectivity index (χ2v) is 6.52. The molecule has 0 aliphatic carbocycles. The van der Waals surface area contributed by atoms with E-state index in [1.54, 1.807) is 0 Å². The second-order valence-electron chi connectivity index (χ2n) is 6.52. The predicted octanol–water partition coefficient (Wildman–Crippen LogP) is 0.929. The summed E-state index contributed by atoms with van der Waals surface area (Å²) in [6.07, 6.45) is 4.80. The summed E-state index contributed by atoms with van der Waals surface area (Å²) in [6, 6.07) is 0.505. The zero-order valence-electron chi connectivity index (χ0n) is 12.1. The Bertz CT molecular complexity index is 321. The van der Waals surface area contributed by atoms with Crippen LogP contribution >= 0.6 is 0 Å². The summed E-state index contributed by atoms with van der Waals surface area (Å²) in [5.41, 5.74) is 0. The van der Waals surface area contributed by atoms with Gasteiger partial charge < -0.3 is 10.2 Å². The summed E-state index contributed by atoms with van der Waals surface area (Å²) in [5, 5.41) is 3.46. The molecule has 3 fully saturated rings. The minimum Gasteiger partial charge on any atom is -0.339 e. The maximum atomic E-state index is 12.5. The van der Waals surface area contributed by atoms with Gasteiger partial charge in [-0.15, -0.1) is 0 Å². The highest BCUT2D eigenvalue weighted by molar-refractivity contribution is 5.78. The molecule has 0 saturated carbocycles. The Kier molecular flexibility index (Phi) is 4.08. The van der Waals surface area contributed by atoms with Crippen molar-refractivity contribution in [2.24, 2.45) is 11.8 Å². The van der Waals surface area contributed by atoms with Crippen LogP contribution < -0.4 is 5.32 Å². The fourth-order valence-corrected chi connectivity index (χ4v) is 4.12. The molecule has 1 N–H and O–H groups in total. The number of fused-ring (bicyclic) bond motifs is 1. The smallest absolute Gasteiger partial charge is 0.236 e. The van der Waals surface area contributed by atoms with Crippen LogP contribution in [0.4, 0.5) is 0 Å². The zero-order valence-corrected chi connectivity index (χ0v) is 12.1. The quantitative estimate of drug-likeness (QED) is 0.824. The first kappa shape index (κ1) is 13.4. The Hall–Kier alpha value is -0.610. The lowest BCUT2D eigenvalue weighted by Crippen LogP contribution is -2.47. The molecular weight excluding hydrogens is 238 g/mol. The summed E-state index contributed by atoms with van der Waals surface area (Å²) < 4.78 is 0. The molecule has 4 heteroatoms. The van der Waals surface area contributed by atoms with Gasteiger partial charge in [-0.1, -0.05) is 6.92 Å². The topological polar surface area (TPSA) is 35.6 Å². The first-order valence-corrected chi connectivity index (χ1v) is 8.00. The van der Waals surface area contributed by atoms with Crippen molar-refractivity contribution >= 4 is 5.91 Å². The number of hydrogen-bond donors (Lipinski definition) is 1.